The van der Waals surface area contributed by atoms with E-state index in [1.54, 1.807) is 20.8 Å². The summed E-state index contributed by atoms with van der Waals surface area (Å²) < 4.78 is 5.39. The molecule has 3 aromatic carbocycles. The summed E-state index contributed by atoms with van der Waals surface area (Å²) in [6.07, 6.45) is 7.41. The molecular weight excluding hydrogens is 522 g/mol. The first-order valence-electron chi connectivity index (χ1n) is 13.1. The average Bonchev–Trinajstić information content (AvgIpc) is 2.88. The van der Waals surface area contributed by atoms with Gasteiger partial charge in [0.05, 0.1) is 0 Å². The summed E-state index contributed by atoms with van der Waals surface area (Å²) in [5.41, 5.74) is 2.25. The zero-order valence-corrected chi connectivity index (χ0v) is 24.7. The lowest BCUT2D eigenvalue weighted by Crippen LogP contribution is -2.51. The molecule has 3 rings (SSSR count). The molecule has 0 bridgehead atoms. The molecule has 8 heteroatoms. The number of carbonyl (C=O) groups is 3. The Kier molecular flexibility index (Phi) is 10.2. The highest BCUT2D eigenvalue weighted by molar-refractivity contribution is 7.98. The van der Waals surface area contributed by atoms with Crippen molar-refractivity contribution < 1.29 is 19.1 Å². The number of alkyl carbamates (subject to hydrolysis) is 1. The number of terminal acetylenes is 1. The molecule has 40 heavy (non-hydrogen) atoms. The molecule has 2 atom stereocenters. The summed E-state index contributed by atoms with van der Waals surface area (Å²) in [7, 11) is 0. The third kappa shape index (κ3) is 8.03. The molecule has 210 valence electrons. The molecule has 0 aliphatic carbocycles. The van der Waals surface area contributed by atoms with E-state index in [-0.39, 0.29) is 0 Å². The topological polar surface area (TPSA) is 87.7 Å². The Bertz CT molecular complexity index is 1420. The van der Waals surface area contributed by atoms with Crippen LogP contribution in [0.15, 0.2) is 60.7 Å². The molecular formula is C32H37N3O4S. The van der Waals surface area contributed by atoms with Crippen LogP contribution in [-0.4, -0.2) is 46.5 Å². The van der Waals surface area contributed by atoms with Crippen LogP contribution in [0.25, 0.3) is 10.8 Å². The van der Waals surface area contributed by atoms with Crippen molar-refractivity contribution >= 4 is 46.1 Å². The van der Waals surface area contributed by atoms with Gasteiger partial charge in [-0.3, -0.25) is 14.5 Å². The van der Waals surface area contributed by atoms with E-state index in [0.717, 1.165) is 26.8 Å². The zero-order valence-electron chi connectivity index (χ0n) is 23.9. The lowest BCUT2D eigenvalue weighted by atomic mass is 9.96. The molecule has 0 saturated heterocycles. The minimum absolute atomic E-state index is 0.309. The number of fused-ring (bicyclic) bond motifs is 1. The summed E-state index contributed by atoms with van der Waals surface area (Å²) in [6.45, 7) is 9.06. The van der Waals surface area contributed by atoms with Crippen LogP contribution in [0.2, 0.25) is 0 Å². The summed E-state index contributed by atoms with van der Waals surface area (Å²) in [6, 6.07) is 19.4. The van der Waals surface area contributed by atoms with Crippen LogP contribution in [0.4, 0.5) is 10.5 Å². The number of nitrogens with one attached hydrogen (secondary N) is 2. The third-order valence-corrected chi connectivity index (χ3v) is 6.86. The molecule has 0 aliphatic heterocycles. The Morgan fingerprint density at radius 3 is 2.35 bits per heavy atom. The highest BCUT2D eigenvalue weighted by Gasteiger charge is 2.36. The van der Waals surface area contributed by atoms with Gasteiger partial charge in [0, 0.05) is 11.7 Å². The summed E-state index contributed by atoms with van der Waals surface area (Å²) in [5, 5.41) is 7.63. The van der Waals surface area contributed by atoms with Gasteiger partial charge in [-0.15, -0.1) is 0 Å². The molecule has 7 nitrogen and oxygen atoms in total. The molecule has 0 spiro atoms. The quantitative estimate of drug-likeness (QED) is 0.241. The van der Waals surface area contributed by atoms with E-state index in [2.05, 4.69) is 16.7 Å². The van der Waals surface area contributed by atoms with Crippen LogP contribution < -0.4 is 10.6 Å². The van der Waals surface area contributed by atoms with Crippen molar-refractivity contribution in [1.82, 2.24) is 10.2 Å². The SMILES string of the molecule is C#CN(C(=O)C(CCSC)NC(=O)OC(C)(C)C)C(C(=O)Nc1ccc2ccccc2c1)c1ccc(C)cc1C. The number of hydrogen-bond acceptors (Lipinski definition) is 5. The predicted molar refractivity (Wildman–Crippen MR) is 163 cm³/mol. The Balaban J connectivity index is 2.00. The molecule has 3 aromatic rings. The van der Waals surface area contributed by atoms with E-state index in [9.17, 15) is 14.4 Å². The summed E-state index contributed by atoms with van der Waals surface area (Å²) in [4.78, 5) is 41.6. The van der Waals surface area contributed by atoms with Crippen molar-refractivity contribution in [2.75, 3.05) is 17.3 Å². The first-order valence-corrected chi connectivity index (χ1v) is 14.5. The van der Waals surface area contributed by atoms with Crippen molar-refractivity contribution in [3.63, 3.8) is 0 Å². The monoisotopic (exact) mass is 559 g/mol. The number of thioether (sulfide) groups is 1. The zero-order chi connectivity index (χ0) is 29.4. The molecule has 0 aromatic heterocycles. The second-order valence-electron chi connectivity index (χ2n) is 10.6. The molecule has 0 heterocycles. The van der Waals surface area contributed by atoms with Crippen LogP contribution in [0.3, 0.4) is 0 Å². The number of benzene rings is 3. The first kappa shape index (κ1) is 30.6. The van der Waals surface area contributed by atoms with E-state index in [4.69, 9.17) is 11.2 Å². The van der Waals surface area contributed by atoms with Crippen molar-refractivity contribution in [1.29, 1.82) is 0 Å². The Morgan fingerprint density at radius 2 is 1.73 bits per heavy atom. The van der Waals surface area contributed by atoms with Gasteiger partial charge in [0.15, 0.2) is 0 Å². The van der Waals surface area contributed by atoms with Gasteiger partial charge >= 0.3 is 6.09 Å². The van der Waals surface area contributed by atoms with Crippen molar-refractivity contribution in [3.05, 3.63) is 77.4 Å². The molecule has 0 radical (unpaired) electrons. The number of carbonyl (C=O) groups excluding carboxylic acids is 3. The fourth-order valence-corrected chi connectivity index (χ4v) is 4.86. The number of rotatable bonds is 9. The van der Waals surface area contributed by atoms with Gasteiger partial charge in [-0.2, -0.15) is 11.8 Å². The molecule has 0 fully saturated rings. The van der Waals surface area contributed by atoms with Crippen molar-refractivity contribution in [2.45, 2.75) is 58.7 Å². The fourth-order valence-electron chi connectivity index (χ4n) is 4.38. The van der Waals surface area contributed by atoms with Gasteiger partial charge in [0.1, 0.15) is 17.7 Å². The number of amides is 3. The maximum Gasteiger partial charge on any atom is 0.408 e. The molecule has 3 amide bonds. The molecule has 0 saturated carbocycles. The highest BCUT2D eigenvalue weighted by atomic mass is 32.2. The number of nitrogens with zero attached hydrogens (tertiary/aromatic N) is 1. The Labute approximate surface area is 241 Å². The number of anilines is 1. The second-order valence-corrected chi connectivity index (χ2v) is 11.6. The highest BCUT2D eigenvalue weighted by Crippen LogP contribution is 2.28. The number of aryl methyl sites for hydroxylation is 2. The summed E-state index contributed by atoms with van der Waals surface area (Å²) in [5.74, 6) is -0.447. The third-order valence-electron chi connectivity index (χ3n) is 6.22. The van der Waals surface area contributed by atoms with Gasteiger partial charge in [0.2, 0.25) is 0 Å². The number of hydrogen-bond donors (Lipinski definition) is 2. The van der Waals surface area contributed by atoms with Crippen LogP contribution in [0.1, 0.15) is 49.9 Å². The van der Waals surface area contributed by atoms with E-state index in [1.165, 1.54) is 11.8 Å². The van der Waals surface area contributed by atoms with Gasteiger partial charge in [-0.05, 0) is 87.1 Å². The maximum absolute atomic E-state index is 13.9. The fraction of sp³-hybridized carbons (Fsp3) is 0.344. The van der Waals surface area contributed by atoms with Gasteiger partial charge in [-0.25, -0.2) is 4.79 Å². The van der Waals surface area contributed by atoms with Crippen LogP contribution in [-0.2, 0) is 14.3 Å². The standard InChI is InChI=1S/C32H37N3O4S/c1-8-35(30(37)27(17-18-40-7)34-31(38)39-32(4,5)6)28(26-16-13-21(2)19-22(26)3)29(36)33-25-15-14-23-11-9-10-12-24(23)20-25/h1,9-16,19-20,27-28H,17-18H2,2-7H3,(H,33,36)(H,34,38). The van der Waals surface area contributed by atoms with Gasteiger partial charge < -0.3 is 15.4 Å². The first-order chi connectivity index (χ1) is 18.9. The lowest BCUT2D eigenvalue weighted by molar-refractivity contribution is -0.136. The minimum Gasteiger partial charge on any atom is -0.444 e. The summed E-state index contributed by atoms with van der Waals surface area (Å²) >= 11 is 1.53. The van der Waals surface area contributed by atoms with Crippen LogP contribution in [0.5, 0.6) is 0 Å². The average molecular weight is 560 g/mol. The van der Waals surface area contributed by atoms with E-state index < -0.39 is 35.6 Å². The van der Waals surface area contributed by atoms with Crippen LogP contribution >= 0.6 is 11.8 Å². The smallest absolute Gasteiger partial charge is 0.408 e. The Morgan fingerprint density at radius 1 is 1.02 bits per heavy atom. The molecule has 0 aliphatic rings. The second kappa shape index (κ2) is 13.4. The molecule has 2 N–H and O–H groups in total. The molecule has 2 unspecified atom stereocenters. The number of ether oxygens (including phenoxy) is 1. The Hall–Kier alpha value is -3.96. The van der Waals surface area contributed by atoms with Gasteiger partial charge in [-0.1, -0.05) is 60.5 Å². The maximum atomic E-state index is 13.9. The van der Waals surface area contributed by atoms with Crippen molar-refractivity contribution in [2.24, 2.45) is 0 Å². The largest absolute Gasteiger partial charge is 0.444 e. The van der Waals surface area contributed by atoms with E-state index >= 15 is 0 Å². The minimum atomic E-state index is -1.14. The normalized spacial score (nSPS) is 12.6. The van der Waals surface area contributed by atoms with Gasteiger partial charge in [0.25, 0.3) is 11.8 Å². The lowest BCUT2D eigenvalue weighted by Gasteiger charge is -2.31. The van der Waals surface area contributed by atoms with E-state index in [1.807, 2.05) is 80.8 Å². The predicted octanol–water partition coefficient (Wildman–Crippen LogP) is 6.20. The van der Waals surface area contributed by atoms with Crippen molar-refractivity contribution in [3.8, 4) is 12.5 Å². The van der Waals surface area contributed by atoms with Crippen LogP contribution in [0, 0.1) is 26.3 Å². The van der Waals surface area contributed by atoms with E-state index in [0.29, 0.717) is 23.4 Å².